The molecule has 1 aromatic heterocycles. The number of carbonyl (C=O) groups excluding carboxylic acids is 2. The summed E-state index contributed by atoms with van der Waals surface area (Å²) in [5.74, 6) is -1.15. The van der Waals surface area contributed by atoms with Crippen molar-refractivity contribution < 1.29 is 27.9 Å². The van der Waals surface area contributed by atoms with E-state index in [0.29, 0.717) is 34.4 Å². The van der Waals surface area contributed by atoms with Crippen molar-refractivity contribution in [2.24, 2.45) is 5.92 Å². The molecule has 0 amide bonds. The number of benzene rings is 2. The molecule has 0 fully saturated rings. The maximum Gasteiger partial charge on any atom is 0.373 e. The second kappa shape index (κ2) is 9.39. The predicted octanol–water partition coefficient (Wildman–Crippen LogP) is 5.28. The number of carbonyl (C=O) groups is 2. The van der Waals surface area contributed by atoms with Crippen molar-refractivity contribution in [1.82, 2.24) is 0 Å². The molecule has 0 radical (unpaired) electrons. The number of halogens is 1. The molecule has 0 aliphatic carbocycles. The molecule has 0 aliphatic heterocycles. The fraction of sp³-hybridized carbons (Fsp3) is 0.250. The molecule has 0 bridgehead atoms. The molecule has 1 heterocycles. The molecule has 0 aliphatic rings. The monoisotopic (exact) mass is 410 g/mol. The van der Waals surface area contributed by atoms with Gasteiger partial charge in [0, 0.05) is 6.42 Å². The van der Waals surface area contributed by atoms with Crippen molar-refractivity contribution in [3.05, 3.63) is 83.1 Å². The van der Waals surface area contributed by atoms with Gasteiger partial charge < -0.3 is 13.9 Å². The van der Waals surface area contributed by atoms with Crippen molar-refractivity contribution in [3.8, 4) is 11.1 Å². The first-order chi connectivity index (χ1) is 14.4. The standard InChI is InChI=1S/C24H23FO5/c1-15(2)13-30-23(26)20-7-5-4-6-19(20)17-8-9-18(21(25)12-17)10-16-11-22(29-14-16)24(27)28-3/h4-9,11-12,14-15H,10,13H2,1-3H3. The maximum absolute atomic E-state index is 14.8. The predicted molar refractivity (Wildman–Crippen MR) is 110 cm³/mol. The van der Waals surface area contributed by atoms with Crippen LogP contribution in [0, 0.1) is 11.7 Å². The minimum absolute atomic E-state index is 0.0679. The highest BCUT2D eigenvalue weighted by Gasteiger charge is 2.17. The van der Waals surface area contributed by atoms with Gasteiger partial charge in [-0.05, 0) is 46.4 Å². The molecule has 0 unspecified atom stereocenters. The molecular formula is C24H23FO5. The molecule has 2 aromatic carbocycles. The van der Waals surface area contributed by atoms with Gasteiger partial charge in [0.1, 0.15) is 5.82 Å². The lowest BCUT2D eigenvalue weighted by Crippen LogP contribution is -2.11. The van der Waals surface area contributed by atoms with Gasteiger partial charge in [-0.25, -0.2) is 14.0 Å². The van der Waals surface area contributed by atoms with E-state index >= 15 is 0 Å². The summed E-state index contributed by atoms with van der Waals surface area (Å²) in [5, 5.41) is 0. The number of hydrogen-bond donors (Lipinski definition) is 0. The molecule has 0 saturated heterocycles. The van der Waals surface area contributed by atoms with Crippen LogP contribution in [0.3, 0.4) is 0 Å². The lowest BCUT2D eigenvalue weighted by Gasteiger charge is -2.12. The summed E-state index contributed by atoms with van der Waals surface area (Å²) in [6.45, 7) is 4.24. The van der Waals surface area contributed by atoms with Crippen molar-refractivity contribution in [2.75, 3.05) is 13.7 Å². The van der Waals surface area contributed by atoms with E-state index in [4.69, 9.17) is 9.15 Å². The van der Waals surface area contributed by atoms with Crippen LogP contribution in [0.1, 0.15) is 45.9 Å². The van der Waals surface area contributed by atoms with Crippen LogP contribution >= 0.6 is 0 Å². The Labute approximate surface area is 174 Å². The van der Waals surface area contributed by atoms with Crippen LogP contribution in [-0.2, 0) is 15.9 Å². The molecule has 6 heteroatoms. The Hall–Kier alpha value is -3.41. The van der Waals surface area contributed by atoms with Crippen LogP contribution in [-0.4, -0.2) is 25.7 Å². The van der Waals surface area contributed by atoms with Crippen LogP contribution < -0.4 is 0 Å². The van der Waals surface area contributed by atoms with Crippen molar-refractivity contribution in [2.45, 2.75) is 20.3 Å². The summed E-state index contributed by atoms with van der Waals surface area (Å²) in [6, 6.07) is 13.3. The number of methoxy groups -OCH3 is 1. The summed E-state index contributed by atoms with van der Waals surface area (Å²) in [5.41, 5.74) is 2.67. The third kappa shape index (κ3) is 4.95. The molecule has 0 atom stereocenters. The zero-order valence-electron chi connectivity index (χ0n) is 17.1. The minimum atomic E-state index is -0.585. The van der Waals surface area contributed by atoms with Crippen molar-refractivity contribution in [3.63, 3.8) is 0 Å². The van der Waals surface area contributed by atoms with Gasteiger partial charge in [-0.2, -0.15) is 0 Å². The average molecular weight is 410 g/mol. The molecule has 5 nitrogen and oxygen atoms in total. The van der Waals surface area contributed by atoms with Crippen LogP contribution in [0.5, 0.6) is 0 Å². The minimum Gasteiger partial charge on any atom is -0.463 e. The molecular weight excluding hydrogens is 387 g/mol. The van der Waals surface area contributed by atoms with Gasteiger partial charge >= 0.3 is 11.9 Å². The highest BCUT2D eigenvalue weighted by molar-refractivity contribution is 5.97. The molecule has 0 saturated carbocycles. The first-order valence-corrected chi connectivity index (χ1v) is 9.59. The summed E-state index contributed by atoms with van der Waals surface area (Å²) in [7, 11) is 1.26. The van der Waals surface area contributed by atoms with Gasteiger partial charge in [0.25, 0.3) is 0 Å². The van der Waals surface area contributed by atoms with E-state index in [1.54, 1.807) is 36.4 Å². The van der Waals surface area contributed by atoms with Gasteiger partial charge in [0.15, 0.2) is 0 Å². The third-order valence-electron chi connectivity index (χ3n) is 4.49. The van der Waals surface area contributed by atoms with Gasteiger partial charge in [0.2, 0.25) is 5.76 Å². The van der Waals surface area contributed by atoms with E-state index in [2.05, 4.69) is 4.74 Å². The van der Waals surface area contributed by atoms with Crippen LogP contribution in [0.25, 0.3) is 11.1 Å². The molecule has 3 aromatic rings. The number of ether oxygens (including phenoxy) is 2. The van der Waals surface area contributed by atoms with E-state index in [0.717, 1.165) is 0 Å². The second-order valence-corrected chi connectivity index (χ2v) is 7.33. The normalized spacial score (nSPS) is 10.8. The van der Waals surface area contributed by atoms with Crippen molar-refractivity contribution >= 4 is 11.9 Å². The third-order valence-corrected chi connectivity index (χ3v) is 4.49. The Kier molecular flexibility index (Phi) is 6.67. The molecule has 3 rings (SSSR count). The largest absolute Gasteiger partial charge is 0.463 e. The summed E-state index contributed by atoms with van der Waals surface area (Å²) in [6.07, 6.45) is 1.66. The number of furan rings is 1. The topological polar surface area (TPSA) is 65.7 Å². The summed E-state index contributed by atoms with van der Waals surface area (Å²) < 4.78 is 29.9. The summed E-state index contributed by atoms with van der Waals surface area (Å²) >= 11 is 0. The van der Waals surface area contributed by atoms with Crippen LogP contribution in [0.4, 0.5) is 4.39 Å². The van der Waals surface area contributed by atoms with Gasteiger partial charge in [-0.1, -0.05) is 44.2 Å². The van der Waals surface area contributed by atoms with Crippen molar-refractivity contribution in [1.29, 1.82) is 0 Å². The number of hydrogen-bond acceptors (Lipinski definition) is 5. The smallest absolute Gasteiger partial charge is 0.373 e. The first kappa shape index (κ1) is 21.3. The Morgan fingerprint density at radius 2 is 1.83 bits per heavy atom. The molecule has 0 spiro atoms. The molecule has 30 heavy (non-hydrogen) atoms. The Balaban J connectivity index is 1.83. The van der Waals surface area contributed by atoms with Crippen LogP contribution in [0.15, 0.2) is 59.2 Å². The highest BCUT2D eigenvalue weighted by Crippen LogP contribution is 2.27. The Morgan fingerprint density at radius 1 is 1.07 bits per heavy atom. The lowest BCUT2D eigenvalue weighted by molar-refractivity contribution is 0.0459. The lowest BCUT2D eigenvalue weighted by atomic mass is 9.97. The maximum atomic E-state index is 14.8. The quantitative estimate of drug-likeness (QED) is 0.496. The van der Waals surface area contributed by atoms with E-state index in [-0.39, 0.29) is 18.1 Å². The fourth-order valence-electron chi connectivity index (χ4n) is 2.99. The van der Waals surface area contributed by atoms with Gasteiger partial charge in [-0.15, -0.1) is 0 Å². The number of rotatable bonds is 7. The summed E-state index contributed by atoms with van der Waals surface area (Å²) in [4.78, 5) is 23.9. The van der Waals surface area contributed by atoms with E-state index < -0.39 is 17.8 Å². The fourth-order valence-corrected chi connectivity index (χ4v) is 2.99. The van der Waals surface area contributed by atoms with E-state index in [1.165, 1.54) is 25.5 Å². The molecule has 0 N–H and O–H groups in total. The van der Waals surface area contributed by atoms with Crippen LogP contribution in [0.2, 0.25) is 0 Å². The second-order valence-electron chi connectivity index (χ2n) is 7.33. The SMILES string of the molecule is COC(=O)c1cc(Cc2ccc(-c3ccccc3C(=O)OCC(C)C)cc2F)co1. The average Bonchev–Trinajstić information content (AvgIpc) is 3.21. The van der Waals surface area contributed by atoms with Gasteiger partial charge in [-0.3, -0.25) is 0 Å². The van der Waals surface area contributed by atoms with Gasteiger partial charge in [0.05, 0.1) is 25.5 Å². The Bertz CT molecular complexity index is 1050. The first-order valence-electron chi connectivity index (χ1n) is 9.59. The van der Waals surface area contributed by atoms with E-state index in [1.807, 2.05) is 13.8 Å². The highest BCUT2D eigenvalue weighted by atomic mass is 19.1. The zero-order valence-corrected chi connectivity index (χ0v) is 17.1. The van der Waals surface area contributed by atoms with E-state index in [9.17, 15) is 14.0 Å². The number of esters is 2. The zero-order chi connectivity index (χ0) is 21.7. The molecule has 156 valence electrons. The Morgan fingerprint density at radius 3 is 2.53 bits per heavy atom.